The molecule has 9 rings (SSSR count). The molecule has 0 unspecified atom stereocenters. The van der Waals surface area contributed by atoms with Crippen LogP contribution >= 0.6 is 0 Å². The fourth-order valence-corrected chi connectivity index (χ4v) is 6.17. The van der Waals surface area contributed by atoms with Gasteiger partial charge in [0.25, 0.3) is 0 Å². The average molecular weight is 589 g/mol. The Kier molecular flexibility index (Phi) is 3.28. The predicted octanol–water partition coefficient (Wildman–Crippen LogP) is 12.6. The van der Waals surface area contributed by atoms with E-state index in [9.17, 15) is 1.37 Å². The maximum Gasteiger partial charge on any atom is 0.136 e. The van der Waals surface area contributed by atoms with Gasteiger partial charge in [0.1, 0.15) is 11.2 Å². The number of rotatable bonds is 4. The Balaban J connectivity index is 1.42. The van der Waals surface area contributed by atoms with E-state index in [0.29, 0.717) is 38.2 Å². The minimum Gasteiger partial charge on any atom is -0.456 e. The molecule has 0 amide bonds. The van der Waals surface area contributed by atoms with Crippen molar-refractivity contribution in [1.82, 2.24) is 0 Å². The zero-order chi connectivity index (χ0) is 43.7. The van der Waals surface area contributed by atoms with Gasteiger partial charge >= 0.3 is 0 Å². The number of benzene rings is 8. The van der Waals surface area contributed by atoms with Gasteiger partial charge in [0.2, 0.25) is 0 Å². The molecule has 0 radical (unpaired) electrons. The topological polar surface area (TPSA) is 13.1 Å². The monoisotopic (exact) mass is 588 g/mol. The molecule has 9 aromatic rings. The van der Waals surface area contributed by atoms with E-state index in [2.05, 4.69) is 0 Å². The molecule has 8 aromatic carbocycles. The van der Waals surface area contributed by atoms with Gasteiger partial charge in [-0.25, -0.2) is 0 Å². The van der Waals surface area contributed by atoms with E-state index in [-0.39, 0.29) is 50.7 Å². The third-order valence-electron chi connectivity index (χ3n) is 8.03. The van der Waals surface area contributed by atoms with Crippen molar-refractivity contribution in [2.24, 2.45) is 0 Å². The molecule has 0 N–H and O–H groups in total. The summed E-state index contributed by atoms with van der Waals surface area (Å²) in [5.74, 6) is 0. The quantitative estimate of drug-likeness (QED) is 0.186. The SMILES string of the molecule is [2H]c1c([2H])c([2H])c(-c2ccc(-c3c4ccccc4c(-c4c([2H])c([2H])c([2H])c5oc6c([2H])c([2H])c([2H])c(-c7c([2H])c([2H])c([2H])c([2H])c7[2H])c6c45)c4ccccc34)cc2)c([2H])c1[2H]. The Bertz CT molecular complexity index is 3310. The van der Waals surface area contributed by atoms with Gasteiger partial charge in [0.15, 0.2) is 0 Å². The minimum absolute atomic E-state index is 0.00385. The lowest BCUT2D eigenvalue weighted by molar-refractivity contribution is 0.669. The molecule has 0 saturated carbocycles. The summed E-state index contributed by atoms with van der Waals surface area (Å²) in [4.78, 5) is 0. The Morgan fingerprint density at radius 2 is 0.822 bits per heavy atom. The molecule has 0 aliphatic carbocycles. The maximum absolute atomic E-state index is 9.52. The highest BCUT2D eigenvalue weighted by molar-refractivity contribution is 6.26. The van der Waals surface area contributed by atoms with Gasteiger partial charge in [-0.05, 0) is 78.1 Å². The first-order chi connectivity index (χ1) is 29.0. The van der Waals surface area contributed by atoms with Crippen LogP contribution in [0.5, 0.6) is 0 Å². The summed E-state index contributed by atoms with van der Waals surface area (Å²) in [5.41, 5.74) is 1.08. The van der Waals surface area contributed by atoms with Crippen molar-refractivity contribution in [3.63, 3.8) is 0 Å². The Labute approximate surface area is 284 Å². The van der Waals surface area contributed by atoms with Crippen molar-refractivity contribution in [1.29, 1.82) is 0 Å². The molecule has 0 saturated heterocycles. The Morgan fingerprint density at radius 1 is 0.356 bits per heavy atom. The third-order valence-corrected chi connectivity index (χ3v) is 8.03. The summed E-state index contributed by atoms with van der Waals surface area (Å²) in [6.07, 6.45) is 0. The van der Waals surface area contributed by atoms with Crippen LogP contribution in [0.25, 0.3) is 88.0 Å². The molecule has 1 aromatic heterocycles. The van der Waals surface area contributed by atoms with E-state index in [4.69, 9.17) is 25.0 Å². The minimum atomic E-state index is -0.692. The Morgan fingerprint density at radius 3 is 1.40 bits per heavy atom. The van der Waals surface area contributed by atoms with E-state index >= 15 is 0 Å². The number of furan rings is 1. The van der Waals surface area contributed by atoms with E-state index in [0.717, 1.165) is 5.56 Å². The van der Waals surface area contributed by atoms with Crippen molar-refractivity contribution < 1.29 is 26.3 Å². The number of hydrogen-bond acceptors (Lipinski definition) is 1. The number of fused-ring (bicyclic) bond motifs is 5. The van der Waals surface area contributed by atoms with Gasteiger partial charge in [-0.1, -0.05) is 157 Å². The summed E-state index contributed by atoms with van der Waals surface area (Å²) in [5, 5.41) is 2.38. The van der Waals surface area contributed by atoms with E-state index in [1.807, 2.05) is 36.4 Å². The van der Waals surface area contributed by atoms with Gasteiger partial charge in [-0.3, -0.25) is 0 Å². The highest BCUT2D eigenvalue weighted by Crippen LogP contribution is 2.48. The second-order valence-corrected chi connectivity index (χ2v) is 10.4. The molecule has 0 bridgehead atoms. The predicted molar refractivity (Wildman–Crippen MR) is 190 cm³/mol. The van der Waals surface area contributed by atoms with Gasteiger partial charge in [0, 0.05) is 10.8 Å². The van der Waals surface area contributed by atoms with Gasteiger partial charge in [0.05, 0.1) is 21.9 Å². The summed E-state index contributed by atoms with van der Waals surface area (Å²) >= 11 is 0. The zero-order valence-electron chi connectivity index (χ0n) is 39.3. The van der Waals surface area contributed by atoms with Gasteiger partial charge in [-0.2, -0.15) is 0 Å². The van der Waals surface area contributed by atoms with E-state index < -0.39 is 90.2 Å². The van der Waals surface area contributed by atoms with Crippen LogP contribution in [0.3, 0.4) is 0 Å². The number of hydrogen-bond donors (Lipinski definition) is 0. The van der Waals surface area contributed by atoms with Crippen LogP contribution in [0.2, 0.25) is 0 Å². The van der Waals surface area contributed by atoms with Crippen LogP contribution in [0.15, 0.2) is 174 Å². The summed E-state index contributed by atoms with van der Waals surface area (Å²) in [6, 6.07) is 12.8. The first kappa shape index (κ1) is 14.2. The lowest BCUT2D eigenvalue weighted by Gasteiger charge is -2.18. The first-order valence-corrected chi connectivity index (χ1v) is 14.1. The third kappa shape index (κ3) is 4.09. The van der Waals surface area contributed by atoms with Crippen molar-refractivity contribution in [2.45, 2.75) is 0 Å². The normalized spacial score (nSPS) is 16.5. The summed E-state index contributed by atoms with van der Waals surface area (Å²) in [7, 11) is 0. The lowest BCUT2D eigenvalue weighted by Crippen LogP contribution is -1.91. The van der Waals surface area contributed by atoms with Crippen LogP contribution in [0.4, 0.5) is 0 Å². The van der Waals surface area contributed by atoms with E-state index in [1.54, 1.807) is 36.4 Å². The second-order valence-electron chi connectivity index (χ2n) is 10.4. The molecule has 0 fully saturated rings. The van der Waals surface area contributed by atoms with Crippen LogP contribution in [-0.2, 0) is 0 Å². The highest BCUT2D eigenvalue weighted by Gasteiger charge is 2.21. The first-order valence-electron chi connectivity index (χ1n) is 22.1. The molecule has 1 heterocycles. The van der Waals surface area contributed by atoms with Crippen LogP contribution in [-0.4, -0.2) is 0 Å². The lowest BCUT2D eigenvalue weighted by atomic mass is 9.84. The molecule has 0 aliphatic heterocycles. The average Bonchev–Trinajstić information content (AvgIpc) is 3.66. The van der Waals surface area contributed by atoms with Crippen molar-refractivity contribution in [3.05, 3.63) is 169 Å². The van der Waals surface area contributed by atoms with Crippen molar-refractivity contribution >= 4 is 43.5 Å². The Hall–Kier alpha value is -5.92. The fourth-order valence-electron chi connectivity index (χ4n) is 6.17. The molecule has 0 aliphatic rings. The zero-order valence-corrected chi connectivity index (χ0v) is 23.3. The summed E-state index contributed by atoms with van der Waals surface area (Å²) < 4.78 is 145. The summed E-state index contributed by atoms with van der Waals surface area (Å²) in [6.45, 7) is 0. The molecule has 1 nitrogen and oxygen atoms in total. The van der Waals surface area contributed by atoms with Crippen LogP contribution in [0.1, 0.15) is 21.9 Å². The molecular formula is C44H28O. The molecular weight excluding hydrogens is 544 g/mol. The fraction of sp³-hybridized carbons (Fsp3) is 0. The van der Waals surface area contributed by atoms with Crippen molar-refractivity contribution in [3.8, 4) is 44.5 Å². The molecule has 1 heteroatoms. The van der Waals surface area contributed by atoms with Gasteiger partial charge < -0.3 is 4.42 Å². The molecule has 0 spiro atoms. The standard InChI is InChI=1S/C44H28O/c1-3-13-29(14-4-1)30-25-27-32(28-26-30)41-34-17-7-9-19-36(34)42(37-20-10-8-18-35(37)41)38-22-12-24-40-44(38)43-33(21-11-23-39(43)45-40)31-15-5-2-6-16-31/h1-28H/i1D,2D,3D,4D,5D,6D,11D,12D,13D,14D,15D,16D,21D,22D,23D,24D. The van der Waals surface area contributed by atoms with Gasteiger partial charge in [-0.15, -0.1) is 0 Å². The van der Waals surface area contributed by atoms with Crippen LogP contribution in [0, 0.1) is 0 Å². The smallest absolute Gasteiger partial charge is 0.136 e. The maximum atomic E-state index is 9.52. The van der Waals surface area contributed by atoms with Crippen LogP contribution < -0.4 is 0 Å². The highest BCUT2D eigenvalue weighted by atomic mass is 16.3. The van der Waals surface area contributed by atoms with Crippen molar-refractivity contribution in [2.75, 3.05) is 0 Å². The second kappa shape index (κ2) is 10.4. The molecule has 0 atom stereocenters. The largest absolute Gasteiger partial charge is 0.456 e. The molecule has 210 valence electrons. The van der Waals surface area contributed by atoms with E-state index in [1.165, 1.54) is 0 Å². The molecule has 45 heavy (non-hydrogen) atoms.